The highest BCUT2D eigenvalue weighted by molar-refractivity contribution is 5.89. The summed E-state index contributed by atoms with van der Waals surface area (Å²) < 4.78 is 1.78. The second-order valence-electron chi connectivity index (χ2n) is 5.28. The molecule has 0 bridgehead atoms. The minimum Gasteiger partial charge on any atom is -0.396 e. The Kier molecular flexibility index (Phi) is 5.97. The van der Waals surface area contributed by atoms with Crippen molar-refractivity contribution in [3.63, 3.8) is 0 Å². The zero-order chi connectivity index (χ0) is 15.8. The molecule has 118 valence electrons. The predicted molar refractivity (Wildman–Crippen MR) is 85.7 cm³/mol. The Bertz CT molecular complexity index is 583. The maximum absolute atomic E-state index is 11.8. The second-order valence-corrected chi connectivity index (χ2v) is 5.28. The van der Waals surface area contributed by atoms with E-state index in [9.17, 15) is 4.79 Å². The van der Waals surface area contributed by atoms with Crippen LogP contribution in [-0.2, 0) is 6.54 Å². The number of carbonyl (C=O) groups excluding carboxylic acids is 1. The Morgan fingerprint density at radius 3 is 2.86 bits per heavy atom. The molecule has 6 heteroatoms. The molecule has 3 N–H and O–H groups in total. The van der Waals surface area contributed by atoms with Gasteiger partial charge in [-0.15, -0.1) is 0 Å². The summed E-state index contributed by atoms with van der Waals surface area (Å²) in [5, 5.41) is 18.6. The molecule has 1 unspecified atom stereocenters. The molecule has 22 heavy (non-hydrogen) atoms. The first kappa shape index (κ1) is 16.0. The molecule has 1 atom stereocenters. The fourth-order valence-electron chi connectivity index (χ4n) is 2.15. The lowest BCUT2D eigenvalue weighted by Crippen LogP contribution is -2.36. The number of rotatable bonds is 7. The molecule has 1 aromatic heterocycles. The van der Waals surface area contributed by atoms with Gasteiger partial charge in [-0.3, -0.25) is 4.68 Å². The van der Waals surface area contributed by atoms with Gasteiger partial charge in [0, 0.05) is 18.8 Å². The summed E-state index contributed by atoms with van der Waals surface area (Å²) in [5.41, 5.74) is 1.81. The van der Waals surface area contributed by atoms with Crippen molar-refractivity contribution in [3.8, 4) is 0 Å². The van der Waals surface area contributed by atoms with Crippen LogP contribution in [0.1, 0.15) is 25.3 Å². The van der Waals surface area contributed by atoms with Crippen molar-refractivity contribution in [1.29, 1.82) is 0 Å². The highest BCUT2D eigenvalue weighted by Gasteiger charge is 2.08. The van der Waals surface area contributed by atoms with Crippen molar-refractivity contribution in [2.75, 3.05) is 11.9 Å². The van der Waals surface area contributed by atoms with Crippen LogP contribution in [0.15, 0.2) is 42.7 Å². The molecule has 0 aliphatic heterocycles. The molecule has 0 saturated heterocycles. The minimum atomic E-state index is -0.260. The molecule has 0 fully saturated rings. The summed E-state index contributed by atoms with van der Waals surface area (Å²) in [6.45, 7) is 2.71. The lowest BCUT2D eigenvalue weighted by Gasteiger charge is -2.13. The molecule has 2 aromatic rings. The second kappa shape index (κ2) is 8.19. The maximum atomic E-state index is 11.8. The van der Waals surface area contributed by atoms with E-state index >= 15 is 0 Å². The SMILES string of the molecule is CC(CCCO)NC(=O)Nc1cnn(Cc2ccccc2)c1. The molecule has 1 heterocycles. The van der Waals surface area contributed by atoms with Crippen LogP contribution in [-0.4, -0.2) is 33.6 Å². The van der Waals surface area contributed by atoms with Gasteiger partial charge in [0.1, 0.15) is 0 Å². The third-order valence-electron chi connectivity index (χ3n) is 3.25. The zero-order valence-electron chi connectivity index (χ0n) is 12.7. The molecular formula is C16H22N4O2. The number of hydrogen-bond donors (Lipinski definition) is 3. The predicted octanol–water partition coefficient (Wildman–Crippen LogP) is 2.21. The first-order chi connectivity index (χ1) is 10.7. The van der Waals surface area contributed by atoms with Gasteiger partial charge in [-0.1, -0.05) is 30.3 Å². The van der Waals surface area contributed by atoms with E-state index < -0.39 is 0 Å². The highest BCUT2D eigenvalue weighted by atomic mass is 16.3. The van der Waals surface area contributed by atoms with Gasteiger partial charge in [-0.25, -0.2) is 4.79 Å². The largest absolute Gasteiger partial charge is 0.396 e. The third kappa shape index (κ3) is 5.21. The van der Waals surface area contributed by atoms with Gasteiger partial charge in [0.05, 0.1) is 18.4 Å². The van der Waals surface area contributed by atoms with Gasteiger partial charge >= 0.3 is 6.03 Å². The summed E-state index contributed by atoms with van der Waals surface area (Å²) >= 11 is 0. The standard InChI is InChI=1S/C16H22N4O2/c1-13(6-5-9-21)18-16(22)19-15-10-17-20(12-15)11-14-7-3-2-4-8-14/h2-4,7-8,10,12-13,21H,5-6,9,11H2,1H3,(H2,18,19,22). The minimum absolute atomic E-state index is 0.0199. The van der Waals surface area contributed by atoms with Crippen LogP contribution in [0.3, 0.4) is 0 Å². The van der Waals surface area contributed by atoms with E-state index in [1.54, 1.807) is 17.1 Å². The monoisotopic (exact) mass is 302 g/mol. The molecular weight excluding hydrogens is 280 g/mol. The van der Waals surface area contributed by atoms with Gasteiger partial charge in [-0.05, 0) is 25.3 Å². The van der Waals surface area contributed by atoms with Crippen LogP contribution < -0.4 is 10.6 Å². The summed E-state index contributed by atoms with van der Waals surface area (Å²) in [7, 11) is 0. The summed E-state index contributed by atoms with van der Waals surface area (Å²) in [6.07, 6.45) is 4.85. The molecule has 0 spiro atoms. The number of carbonyl (C=O) groups is 1. The average Bonchev–Trinajstić information content (AvgIpc) is 2.93. The van der Waals surface area contributed by atoms with Crippen LogP contribution >= 0.6 is 0 Å². The van der Waals surface area contributed by atoms with Crippen LogP contribution in [0.4, 0.5) is 10.5 Å². The fourth-order valence-corrected chi connectivity index (χ4v) is 2.15. The van der Waals surface area contributed by atoms with Gasteiger partial charge in [0.25, 0.3) is 0 Å². The van der Waals surface area contributed by atoms with Gasteiger partial charge < -0.3 is 15.7 Å². The molecule has 2 amide bonds. The molecule has 1 aromatic carbocycles. The smallest absolute Gasteiger partial charge is 0.319 e. The van der Waals surface area contributed by atoms with E-state index in [4.69, 9.17) is 5.11 Å². The molecule has 0 aliphatic carbocycles. The molecule has 0 aliphatic rings. The molecule has 6 nitrogen and oxygen atoms in total. The van der Waals surface area contributed by atoms with Crippen molar-refractivity contribution in [3.05, 3.63) is 48.3 Å². The topological polar surface area (TPSA) is 79.2 Å². The van der Waals surface area contributed by atoms with Crippen molar-refractivity contribution in [2.24, 2.45) is 0 Å². The molecule has 0 radical (unpaired) electrons. The summed E-state index contributed by atoms with van der Waals surface area (Å²) in [5.74, 6) is 0. The van der Waals surface area contributed by atoms with Crippen molar-refractivity contribution in [2.45, 2.75) is 32.4 Å². The Hall–Kier alpha value is -2.34. The van der Waals surface area contributed by atoms with Crippen molar-refractivity contribution in [1.82, 2.24) is 15.1 Å². The lowest BCUT2D eigenvalue weighted by atomic mass is 10.2. The normalized spacial score (nSPS) is 11.9. The Labute approximate surface area is 130 Å². The summed E-state index contributed by atoms with van der Waals surface area (Å²) in [6, 6.07) is 9.77. The van der Waals surface area contributed by atoms with Crippen LogP contribution in [0.2, 0.25) is 0 Å². The van der Waals surface area contributed by atoms with Crippen LogP contribution in [0.25, 0.3) is 0 Å². The first-order valence-electron chi connectivity index (χ1n) is 7.42. The van der Waals surface area contributed by atoms with E-state index in [1.165, 1.54) is 0 Å². The average molecular weight is 302 g/mol. The number of amides is 2. The number of hydrogen-bond acceptors (Lipinski definition) is 3. The number of aliphatic hydroxyl groups is 1. The van der Waals surface area contributed by atoms with Crippen molar-refractivity contribution >= 4 is 11.7 Å². The van der Waals surface area contributed by atoms with Gasteiger partial charge in [0.2, 0.25) is 0 Å². The number of nitrogens with one attached hydrogen (secondary N) is 2. The Morgan fingerprint density at radius 1 is 1.36 bits per heavy atom. The number of anilines is 1. The van der Waals surface area contributed by atoms with E-state index in [0.29, 0.717) is 18.7 Å². The lowest BCUT2D eigenvalue weighted by molar-refractivity contribution is 0.245. The number of urea groups is 1. The Balaban J connectivity index is 1.82. The van der Waals surface area contributed by atoms with Gasteiger partial charge in [-0.2, -0.15) is 5.10 Å². The number of nitrogens with zero attached hydrogens (tertiary/aromatic N) is 2. The Morgan fingerprint density at radius 2 is 2.14 bits per heavy atom. The summed E-state index contributed by atoms with van der Waals surface area (Å²) in [4.78, 5) is 11.8. The van der Waals surface area contributed by atoms with E-state index in [2.05, 4.69) is 15.7 Å². The number of aliphatic hydroxyl groups excluding tert-OH is 1. The highest BCUT2D eigenvalue weighted by Crippen LogP contribution is 2.08. The molecule has 0 saturated carbocycles. The van der Waals surface area contributed by atoms with E-state index in [0.717, 1.165) is 12.0 Å². The van der Waals surface area contributed by atoms with Crippen LogP contribution in [0.5, 0.6) is 0 Å². The fraction of sp³-hybridized carbons (Fsp3) is 0.375. The third-order valence-corrected chi connectivity index (χ3v) is 3.25. The maximum Gasteiger partial charge on any atom is 0.319 e. The van der Waals surface area contributed by atoms with E-state index in [-0.39, 0.29) is 18.7 Å². The van der Waals surface area contributed by atoms with Crippen molar-refractivity contribution < 1.29 is 9.90 Å². The quantitative estimate of drug-likeness (QED) is 0.733. The van der Waals surface area contributed by atoms with E-state index in [1.807, 2.05) is 37.3 Å². The molecule has 2 rings (SSSR count). The van der Waals surface area contributed by atoms with Gasteiger partial charge in [0.15, 0.2) is 0 Å². The number of aromatic nitrogens is 2. The number of benzene rings is 1. The zero-order valence-corrected chi connectivity index (χ0v) is 12.7. The van der Waals surface area contributed by atoms with Crippen LogP contribution in [0, 0.1) is 0 Å². The first-order valence-corrected chi connectivity index (χ1v) is 7.42.